The average molecular weight is 468 g/mol. The molecule has 2 saturated heterocycles. The number of hydroxylamine groups is 2. The van der Waals surface area contributed by atoms with Gasteiger partial charge in [0.1, 0.15) is 18.3 Å². The third kappa shape index (κ3) is 5.37. The maximum Gasteiger partial charge on any atom is 0.311 e. The molecule has 1 unspecified atom stereocenters. The van der Waals surface area contributed by atoms with E-state index in [1.165, 1.54) is 21.3 Å². The van der Waals surface area contributed by atoms with Crippen LogP contribution >= 0.6 is 0 Å². The maximum atomic E-state index is 12.8. The zero-order valence-corrected chi connectivity index (χ0v) is 19.8. The highest BCUT2D eigenvalue weighted by molar-refractivity contribution is 5.76. The molecule has 0 spiro atoms. The van der Waals surface area contributed by atoms with Gasteiger partial charge in [0.15, 0.2) is 12.4 Å². The molecule has 2 fully saturated rings. The molecule has 1 N–H and O–H groups in total. The van der Waals surface area contributed by atoms with E-state index in [-0.39, 0.29) is 13.0 Å². The second-order valence-corrected chi connectivity index (χ2v) is 9.16. The SMILES string of the molecule is CON(C)C(=O)C[C@@]1(OC)O[C@@H]2COC(c3ccccc3)O[C@H]2[C@H](OC(=O)C(C)(C)C)[C@H]1O. The Labute approximate surface area is 193 Å². The number of hydrogen-bond acceptors (Lipinski definition) is 9. The first-order valence-corrected chi connectivity index (χ1v) is 10.8. The summed E-state index contributed by atoms with van der Waals surface area (Å²) in [5.41, 5.74) is -0.0638. The lowest BCUT2D eigenvalue weighted by atomic mass is 9.88. The number of aliphatic hydroxyl groups is 1. The summed E-state index contributed by atoms with van der Waals surface area (Å²) >= 11 is 0. The molecule has 3 rings (SSSR count). The first-order chi connectivity index (χ1) is 15.5. The van der Waals surface area contributed by atoms with Crippen molar-refractivity contribution in [2.75, 3.05) is 27.9 Å². The van der Waals surface area contributed by atoms with Gasteiger partial charge in [-0.1, -0.05) is 30.3 Å². The topological polar surface area (TPSA) is 113 Å². The van der Waals surface area contributed by atoms with Crippen LogP contribution in [0.25, 0.3) is 0 Å². The van der Waals surface area contributed by atoms with E-state index in [1.807, 2.05) is 30.3 Å². The highest BCUT2D eigenvalue weighted by Gasteiger charge is 2.60. The highest BCUT2D eigenvalue weighted by atomic mass is 16.8. The second-order valence-electron chi connectivity index (χ2n) is 9.16. The molecule has 1 aromatic carbocycles. The molecule has 184 valence electrons. The Balaban J connectivity index is 1.93. The van der Waals surface area contributed by atoms with Gasteiger partial charge in [0.05, 0.1) is 25.6 Å². The zero-order valence-electron chi connectivity index (χ0n) is 19.8. The molecule has 10 heteroatoms. The fourth-order valence-corrected chi connectivity index (χ4v) is 3.72. The summed E-state index contributed by atoms with van der Waals surface area (Å²) in [6.45, 7) is 5.18. The summed E-state index contributed by atoms with van der Waals surface area (Å²) < 4.78 is 29.3. The quantitative estimate of drug-likeness (QED) is 0.492. The number of ether oxygens (including phenoxy) is 5. The predicted molar refractivity (Wildman–Crippen MR) is 114 cm³/mol. The Kier molecular flexibility index (Phi) is 7.77. The van der Waals surface area contributed by atoms with Gasteiger partial charge in [-0.2, -0.15) is 0 Å². The van der Waals surface area contributed by atoms with Crippen molar-refractivity contribution in [1.82, 2.24) is 5.06 Å². The molecule has 33 heavy (non-hydrogen) atoms. The Hall–Kier alpha value is -2.08. The lowest BCUT2D eigenvalue weighted by Gasteiger charge is -2.52. The summed E-state index contributed by atoms with van der Waals surface area (Å²) in [6.07, 6.45) is -5.46. The summed E-state index contributed by atoms with van der Waals surface area (Å²) in [5.74, 6) is -2.85. The maximum absolute atomic E-state index is 12.8. The molecular weight excluding hydrogens is 434 g/mol. The lowest BCUT2D eigenvalue weighted by Crippen LogP contribution is -2.69. The smallest absolute Gasteiger partial charge is 0.311 e. The molecule has 0 saturated carbocycles. The van der Waals surface area contributed by atoms with Gasteiger partial charge < -0.3 is 28.8 Å². The summed E-state index contributed by atoms with van der Waals surface area (Å²) in [5, 5.41) is 12.3. The Bertz CT molecular complexity index is 827. The standard InChI is InChI=1S/C23H33NO9/c1-22(2,3)21(27)32-18-17-15(13-30-20(31-17)14-10-8-7-9-11-14)33-23(28-5,19(18)26)12-16(25)24(4)29-6/h7-11,15,17-20,26H,12-13H2,1-6H3/t15-,17-,18+,19-,20?,23-/m1/s1. The Morgan fingerprint density at radius 2 is 1.88 bits per heavy atom. The van der Waals surface area contributed by atoms with Crippen molar-refractivity contribution < 1.29 is 43.2 Å². The molecule has 0 aromatic heterocycles. The number of carbonyl (C=O) groups excluding carboxylic acids is 2. The molecular formula is C23H33NO9. The van der Waals surface area contributed by atoms with Gasteiger partial charge in [0, 0.05) is 19.7 Å². The minimum absolute atomic E-state index is 0.0694. The van der Waals surface area contributed by atoms with Gasteiger partial charge >= 0.3 is 5.97 Å². The van der Waals surface area contributed by atoms with E-state index in [4.69, 9.17) is 28.5 Å². The van der Waals surface area contributed by atoms with Crippen LogP contribution in [-0.2, 0) is 38.1 Å². The number of fused-ring (bicyclic) bond motifs is 1. The molecule has 0 radical (unpaired) electrons. The van der Waals surface area contributed by atoms with Gasteiger partial charge in [-0.05, 0) is 20.8 Å². The van der Waals surface area contributed by atoms with Crippen LogP contribution in [0.5, 0.6) is 0 Å². The van der Waals surface area contributed by atoms with Gasteiger partial charge in [-0.25, -0.2) is 5.06 Å². The molecule has 2 aliphatic heterocycles. The molecule has 1 aromatic rings. The fourth-order valence-electron chi connectivity index (χ4n) is 3.72. The van der Waals surface area contributed by atoms with Crippen LogP contribution in [0.2, 0.25) is 0 Å². The van der Waals surface area contributed by atoms with E-state index in [1.54, 1.807) is 20.8 Å². The molecule has 0 bridgehead atoms. The predicted octanol–water partition coefficient (Wildman–Crippen LogP) is 1.57. The van der Waals surface area contributed by atoms with Crippen LogP contribution in [0.3, 0.4) is 0 Å². The van der Waals surface area contributed by atoms with E-state index in [0.717, 1.165) is 10.6 Å². The van der Waals surface area contributed by atoms with Crippen molar-refractivity contribution in [3.05, 3.63) is 35.9 Å². The first-order valence-electron chi connectivity index (χ1n) is 10.8. The van der Waals surface area contributed by atoms with Crippen LogP contribution in [0.1, 0.15) is 39.0 Å². The fraction of sp³-hybridized carbons (Fsp3) is 0.652. The highest BCUT2D eigenvalue weighted by Crippen LogP contribution is 2.41. The third-order valence-corrected chi connectivity index (χ3v) is 5.79. The molecule has 10 nitrogen and oxygen atoms in total. The van der Waals surface area contributed by atoms with Crippen molar-refractivity contribution in [1.29, 1.82) is 0 Å². The number of rotatable bonds is 6. The van der Waals surface area contributed by atoms with E-state index in [2.05, 4.69) is 0 Å². The minimum Gasteiger partial charge on any atom is -0.456 e. The largest absolute Gasteiger partial charge is 0.456 e. The second kappa shape index (κ2) is 10.0. The van der Waals surface area contributed by atoms with Crippen molar-refractivity contribution in [3.8, 4) is 0 Å². The molecule has 2 heterocycles. The Morgan fingerprint density at radius 1 is 1.21 bits per heavy atom. The number of carbonyl (C=O) groups is 2. The normalized spacial score (nSPS) is 32.0. The number of nitrogens with zero attached hydrogens (tertiary/aromatic N) is 1. The minimum atomic E-state index is -1.81. The number of benzene rings is 1. The van der Waals surface area contributed by atoms with Crippen molar-refractivity contribution in [2.45, 2.75) is 63.7 Å². The number of aliphatic hydroxyl groups excluding tert-OH is 1. The molecule has 2 aliphatic rings. The monoisotopic (exact) mass is 467 g/mol. The van der Waals surface area contributed by atoms with Crippen LogP contribution in [-0.4, -0.2) is 80.1 Å². The molecule has 1 amide bonds. The number of esters is 1. The van der Waals surface area contributed by atoms with Crippen LogP contribution < -0.4 is 0 Å². The van der Waals surface area contributed by atoms with E-state index in [0.29, 0.717) is 0 Å². The van der Waals surface area contributed by atoms with Gasteiger partial charge in [-0.15, -0.1) is 0 Å². The Morgan fingerprint density at radius 3 is 2.45 bits per heavy atom. The van der Waals surface area contributed by atoms with E-state index in [9.17, 15) is 14.7 Å². The van der Waals surface area contributed by atoms with Crippen LogP contribution in [0, 0.1) is 5.41 Å². The number of amides is 1. The van der Waals surface area contributed by atoms with Crippen molar-refractivity contribution in [3.63, 3.8) is 0 Å². The van der Waals surface area contributed by atoms with E-state index < -0.39 is 53.8 Å². The first kappa shape index (κ1) is 25.5. The summed E-state index contributed by atoms with van der Waals surface area (Å²) in [6, 6.07) is 9.27. The van der Waals surface area contributed by atoms with Crippen molar-refractivity contribution >= 4 is 11.9 Å². The summed E-state index contributed by atoms with van der Waals surface area (Å²) in [7, 11) is 4.08. The van der Waals surface area contributed by atoms with Gasteiger partial charge in [-0.3, -0.25) is 14.4 Å². The van der Waals surface area contributed by atoms with Crippen molar-refractivity contribution in [2.24, 2.45) is 5.41 Å². The number of methoxy groups -OCH3 is 1. The number of hydrogen-bond donors (Lipinski definition) is 1. The van der Waals surface area contributed by atoms with Gasteiger partial charge in [0.2, 0.25) is 5.79 Å². The van der Waals surface area contributed by atoms with E-state index >= 15 is 0 Å². The lowest BCUT2D eigenvalue weighted by molar-refractivity contribution is -0.398. The third-order valence-electron chi connectivity index (χ3n) is 5.79. The average Bonchev–Trinajstić information content (AvgIpc) is 2.80. The van der Waals surface area contributed by atoms with Crippen LogP contribution in [0.15, 0.2) is 30.3 Å². The van der Waals surface area contributed by atoms with Crippen LogP contribution in [0.4, 0.5) is 0 Å². The molecule has 6 atom stereocenters. The summed E-state index contributed by atoms with van der Waals surface area (Å²) in [4.78, 5) is 30.3. The van der Waals surface area contributed by atoms with Gasteiger partial charge in [0.25, 0.3) is 5.91 Å². The molecule has 0 aliphatic carbocycles. The zero-order chi connectivity index (χ0) is 24.4.